The summed E-state index contributed by atoms with van der Waals surface area (Å²) in [5.74, 6) is -1.37. The molecule has 8 heteroatoms. The first kappa shape index (κ1) is 21.6. The number of anilines is 1. The van der Waals surface area contributed by atoms with Crippen LogP contribution < -0.4 is 10.5 Å². The van der Waals surface area contributed by atoms with E-state index in [4.69, 9.17) is 9.88 Å². The Morgan fingerprint density at radius 1 is 1.07 bits per heavy atom. The molecule has 0 saturated carbocycles. The van der Waals surface area contributed by atoms with Gasteiger partial charge in [0.1, 0.15) is 0 Å². The summed E-state index contributed by atoms with van der Waals surface area (Å²) in [5, 5.41) is 7.57. The molecule has 0 aliphatic carbocycles. The Bertz CT molecular complexity index is 911. The van der Waals surface area contributed by atoms with Crippen molar-refractivity contribution in [2.24, 2.45) is 11.1 Å². The number of rotatable bonds is 8. The third-order valence-corrected chi connectivity index (χ3v) is 5.37. The Kier molecular flexibility index (Phi) is 7.31. The highest BCUT2D eigenvalue weighted by atomic mass is 32.2. The first-order valence-electron chi connectivity index (χ1n) is 8.86. The van der Waals surface area contributed by atoms with Gasteiger partial charge in [0.15, 0.2) is 6.61 Å². The van der Waals surface area contributed by atoms with Crippen LogP contribution in [0.4, 0.5) is 5.69 Å². The van der Waals surface area contributed by atoms with Gasteiger partial charge >= 0.3 is 5.97 Å². The molecule has 0 aliphatic rings. The molecule has 3 N–H and O–H groups in total. The highest BCUT2D eigenvalue weighted by molar-refractivity contribution is 7.89. The molecule has 0 aliphatic heterocycles. The van der Waals surface area contributed by atoms with Gasteiger partial charge in [-0.25, -0.2) is 13.6 Å². The second-order valence-electron chi connectivity index (χ2n) is 6.50. The van der Waals surface area contributed by atoms with Gasteiger partial charge < -0.3 is 10.1 Å². The summed E-state index contributed by atoms with van der Waals surface area (Å²) in [4.78, 5) is 24.6. The maximum absolute atomic E-state index is 12.6. The predicted octanol–water partition coefficient (Wildman–Crippen LogP) is 2.65. The van der Waals surface area contributed by atoms with Crippen molar-refractivity contribution in [3.8, 4) is 0 Å². The largest absolute Gasteiger partial charge is 0.455 e. The summed E-state index contributed by atoms with van der Waals surface area (Å²) < 4.78 is 27.7. The molecular formula is C20H24N2O5S. The zero-order valence-corrected chi connectivity index (χ0v) is 16.6. The molecule has 0 heterocycles. The number of sulfonamides is 1. The van der Waals surface area contributed by atoms with E-state index >= 15 is 0 Å². The third kappa shape index (κ3) is 5.90. The van der Waals surface area contributed by atoms with Gasteiger partial charge in [-0.1, -0.05) is 50.6 Å². The lowest BCUT2D eigenvalue weighted by Crippen LogP contribution is -2.27. The Hall–Kier alpha value is -2.71. The standard InChI is InChI=1S/C20H24N2O5S/c1-3-14(2)19(15-7-5-4-6-8-15)20(24)27-13-18(23)22-16-9-11-17(12-10-16)28(21,25)26/h4-12,14,19H,3,13H2,1-2H3,(H,22,23)(H2,21,25,26)/t14-,19-/m0/s1. The second-order valence-corrected chi connectivity index (χ2v) is 8.06. The molecular weight excluding hydrogens is 380 g/mol. The van der Waals surface area contributed by atoms with Crippen molar-refractivity contribution < 1.29 is 22.7 Å². The molecule has 2 aromatic rings. The van der Waals surface area contributed by atoms with Crippen LogP contribution >= 0.6 is 0 Å². The van der Waals surface area contributed by atoms with Gasteiger partial charge in [-0.15, -0.1) is 0 Å². The van der Waals surface area contributed by atoms with Crippen LogP contribution in [0.1, 0.15) is 31.7 Å². The van der Waals surface area contributed by atoms with Crippen LogP contribution in [-0.2, 0) is 24.3 Å². The minimum absolute atomic E-state index is 0.0590. The van der Waals surface area contributed by atoms with Gasteiger partial charge in [0, 0.05) is 5.69 Å². The fourth-order valence-corrected chi connectivity index (χ4v) is 3.26. The van der Waals surface area contributed by atoms with E-state index < -0.39 is 34.4 Å². The van der Waals surface area contributed by atoms with Gasteiger partial charge in [0.05, 0.1) is 10.8 Å². The predicted molar refractivity (Wildman–Crippen MR) is 106 cm³/mol. The normalized spacial score (nSPS) is 13.4. The lowest BCUT2D eigenvalue weighted by atomic mass is 9.86. The van der Waals surface area contributed by atoms with Crippen molar-refractivity contribution in [2.75, 3.05) is 11.9 Å². The van der Waals surface area contributed by atoms with E-state index in [0.717, 1.165) is 12.0 Å². The highest BCUT2D eigenvalue weighted by Gasteiger charge is 2.27. The maximum atomic E-state index is 12.6. The van der Waals surface area contributed by atoms with Crippen molar-refractivity contribution in [1.29, 1.82) is 0 Å². The lowest BCUT2D eigenvalue weighted by molar-refractivity contribution is -0.150. The monoisotopic (exact) mass is 404 g/mol. The van der Waals surface area contributed by atoms with E-state index in [1.165, 1.54) is 24.3 Å². The molecule has 0 spiro atoms. The third-order valence-electron chi connectivity index (χ3n) is 4.44. The van der Waals surface area contributed by atoms with Crippen LogP contribution in [0.25, 0.3) is 0 Å². The smallest absolute Gasteiger partial charge is 0.314 e. The average Bonchev–Trinajstić information content (AvgIpc) is 2.67. The number of carbonyl (C=O) groups is 2. The van der Waals surface area contributed by atoms with Gasteiger partial charge in [-0.05, 0) is 35.7 Å². The number of carbonyl (C=O) groups excluding carboxylic acids is 2. The summed E-state index contributed by atoms with van der Waals surface area (Å²) in [6.07, 6.45) is 0.789. The summed E-state index contributed by atoms with van der Waals surface area (Å²) in [6, 6.07) is 14.7. The summed E-state index contributed by atoms with van der Waals surface area (Å²) in [6.45, 7) is 3.52. The number of hydrogen-bond acceptors (Lipinski definition) is 5. The van der Waals surface area contributed by atoms with Gasteiger partial charge in [-0.3, -0.25) is 9.59 Å². The van der Waals surface area contributed by atoms with E-state index in [1.807, 2.05) is 44.2 Å². The van der Waals surface area contributed by atoms with Gasteiger partial charge in [-0.2, -0.15) is 0 Å². The van der Waals surface area contributed by atoms with E-state index in [0.29, 0.717) is 5.69 Å². The Morgan fingerprint density at radius 2 is 1.68 bits per heavy atom. The molecule has 2 aromatic carbocycles. The molecule has 0 unspecified atom stereocenters. The van der Waals surface area contributed by atoms with E-state index in [1.54, 1.807) is 0 Å². The Morgan fingerprint density at radius 3 is 2.21 bits per heavy atom. The number of ether oxygens (including phenoxy) is 1. The summed E-state index contributed by atoms with van der Waals surface area (Å²) >= 11 is 0. The fraction of sp³-hybridized carbons (Fsp3) is 0.300. The van der Waals surface area contributed by atoms with Crippen LogP contribution in [0.5, 0.6) is 0 Å². The molecule has 0 bridgehead atoms. The SMILES string of the molecule is CC[C@H](C)[C@H](C(=O)OCC(=O)Nc1ccc(S(N)(=O)=O)cc1)c1ccccc1. The number of hydrogen-bond donors (Lipinski definition) is 2. The molecule has 0 fully saturated rings. The zero-order valence-electron chi connectivity index (χ0n) is 15.8. The van der Waals surface area contributed by atoms with Crippen molar-refractivity contribution in [3.05, 3.63) is 60.2 Å². The van der Waals surface area contributed by atoms with Crippen molar-refractivity contribution >= 4 is 27.6 Å². The summed E-state index contributed by atoms with van der Waals surface area (Å²) in [7, 11) is -3.80. The number of nitrogens with two attached hydrogens (primary N) is 1. The lowest BCUT2D eigenvalue weighted by Gasteiger charge is -2.21. The van der Waals surface area contributed by atoms with E-state index in [2.05, 4.69) is 5.32 Å². The van der Waals surface area contributed by atoms with Crippen LogP contribution in [0.15, 0.2) is 59.5 Å². The Labute approximate surface area is 164 Å². The Balaban J connectivity index is 1.97. The van der Waals surface area contributed by atoms with Crippen LogP contribution in [0.2, 0.25) is 0 Å². The second kappa shape index (κ2) is 9.48. The minimum atomic E-state index is -3.80. The molecule has 0 saturated heterocycles. The minimum Gasteiger partial charge on any atom is -0.455 e. The molecule has 7 nitrogen and oxygen atoms in total. The number of nitrogens with one attached hydrogen (secondary N) is 1. The molecule has 28 heavy (non-hydrogen) atoms. The first-order chi connectivity index (χ1) is 13.2. The fourth-order valence-electron chi connectivity index (χ4n) is 2.74. The quantitative estimate of drug-likeness (QED) is 0.656. The highest BCUT2D eigenvalue weighted by Crippen LogP contribution is 2.28. The van der Waals surface area contributed by atoms with Crippen LogP contribution in [0.3, 0.4) is 0 Å². The molecule has 0 radical (unpaired) electrons. The first-order valence-corrected chi connectivity index (χ1v) is 10.4. The van der Waals surface area contributed by atoms with E-state index in [9.17, 15) is 18.0 Å². The number of amides is 1. The molecule has 1 amide bonds. The number of primary sulfonamides is 1. The van der Waals surface area contributed by atoms with Crippen LogP contribution in [0, 0.1) is 5.92 Å². The van der Waals surface area contributed by atoms with Crippen molar-refractivity contribution in [1.82, 2.24) is 0 Å². The molecule has 0 aromatic heterocycles. The van der Waals surface area contributed by atoms with Crippen molar-refractivity contribution in [2.45, 2.75) is 31.1 Å². The average molecular weight is 404 g/mol. The number of esters is 1. The molecule has 2 atom stereocenters. The van der Waals surface area contributed by atoms with Crippen molar-refractivity contribution in [3.63, 3.8) is 0 Å². The van der Waals surface area contributed by atoms with Crippen LogP contribution in [-0.4, -0.2) is 26.9 Å². The van der Waals surface area contributed by atoms with E-state index in [-0.39, 0.29) is 10.8 Å². The maximum Gasteiger partial charge on any atom is 0.314 e. The topological polar surface area (TPSA) is 116 Å². The molecule has 150 valence electrons. The zero-order chi connectivity index (χ0) is 20.7. The van der Waals surface area contributed by atoms with Gasteiger partial charge in [0.25, 0.3) is 5.91 Å². The van der Waals surface area contributed by atoms with Gasteiger partial charge in [0.2, 0.25) is 10.0 Å². The summed E-state index contributed by atoms with van der Waals surface area (Å²) in [5.41, 5.74) is 1.22. The number of benzene rings is 2. The molecule has 2 rings (SSSR count).